The van der Waals surface area contributed by atoms with Crippen molar-refractivity contribution in [3.8, 4) is 0 Å². The number of carbonyl (C=O) groups excluding carboxylic acids is 3. The zero-order chi connectivity index (χ0) is 17.6. The van der Waals surface area contributed by atoms with Crippen molar-refractivity contribution in [2.75, 3.05) is 17.3 Å². The number of fused-ring (bicyclic) bond motifs is 3. The molecule has 6 nitrogen and oxygen atoms in total. The van der Waals surface area contributed by atoms with Crippen LogP contribution in [-0.2, 0) is 9.59 Å². The van der Waals surface area contributed by atoms with E-state index in [1.54, 1.807) is 43.4 Å². The topological polar surface area (TPSA) is 69.7 Å². The lowest BCUT2D eigenvalue weighted by Gasteiger charge is -2.47. The van der Waals surface area contributed by atoms with E-state index in [9.17, 15) is 14.4 Å². The minimum Gasteiger partial charge on any atom is -0.322 e. The van der Waals surface area contributed by atoms with Gasteiger partial charge in [0.15, 0.2) is 0 Å². The number of rotatable bonds is 2. The van der Waals surface area contributed by atoms with Crippen LogP contribution in [0.5, 0.6) is 0 Å². The third kappa shape index (κ3) is 2.07. The molecule has 2 aromatic carbocycles. The first kappa shape index (κ1) is 15.4. The maximum absolute atomic E-state index is 13.2. The Kier molecular flexibility index (Phi) is 3.35. The number of nitrogens with one attached hydrogen (secondary N) is 1. The number of para-hydroxylation sites is 2. The van der Waals surface area contributed by atoms with E-state index in [4.69, 9.17) is 0 Å². The second-order valence-corrected chi connectivity index (χ2v) is 6.25. The molecule has 0 spiro atoms. The predicted octanol–water partition coefficient (Wildman–Crippen LogP) is 2.23. The number of carbonyl (C=O) groups is 3. The number of amides is 3. The Morgan fingerprint density at radius 3 is 2.48 bits per heavy atom. The van der Waals surface area contributed by atoms with Crippen molar-refractivity contribution in [1.82, 2.24) is 4.90 Å². The monoisotopic (exact) mass is 335 g/mol. The first-order chi connectivity index (χ1) is 12.1. The van der Waals surface area contributed by atoms with Crippen molar-refractivity contribution < 1.29 is 14.4 Å². The molecule has 0 radical (unpaired) electrons. The highest BCUT2D eigenvalue weighted by molar-refractivity contribution is 6.18. The van der Waals surface area contributed by atoms with E-state index in [1.807, 2.05) is 18.2 Å². The Bertz CT molecular complexity index is 880. The van der Waals surface area contributed by atoms with Gasteiger partial charge in [-0.05, 0) is 24.3 Å². The van der Waals surface area contributed by atoms with Gasteiger partial charge in [-0.1, -0.05) is 30.3 Å². The molecule has 0 aliphatic carbocycles. The van der Waals surface area contributed by atoms with E-state index in [0.29, 0.717) is 16.9 Å². The summed E-state index contributed by atoms with van der Waals surface area (Å²) in [4.78, 5) is 41.5. The van der Waals surface area contributed by atoms with Crippen molar-refractivity contribution in [3.63, 3.8) is 0 Å². The van der Waals surface area contributed by atoms with Crippen LogP contribution in [0.3, 0.4) is 0 Å². The highest BCUT2D eigenvalue weighted by Crippen LogP contribution is 2.44. The number of likely N-dealkylation sites (N-methyl/N-ethyl adjacent to an activating group) is 1. The normalized spacial score (nSPS) is 21.8. The van der Waals surface area contributed by atoms with Gasteiger partial charge in [0.05, 0.1) is 11.3 Å². The van der Waals surface area contributed by atoms with Gasteiger partial charge in [0.25, 0.3) is 11.8 Å². The summed E-state index contributed by atoms with van der Waals surface area (Å²) in [5.41, 5.74) is 0.221. The van der Waals surface area contributed by atoms with Gasteiger partial charge < -0.3 is 10.2 Å². The third-order valence-corrected chi connectivity index (χ3v) is 4.94. The van der Waals surface area contributed by atoms with Gasteiger partial charge in [0.1, 0.15) is 0 Å². The molecule has 4 rings (SSSR count). The van der Waals surface area contributed by atoms with Crippen LogP contribution in [-0.4, -0.2) is 35.3 Å². The number of benzene rings is 2. The summed E-state index contributed by atoms with van der Waals surface area (Å²) in [5.74, 6) is -0.797. The predicted molar refractivity (Wildman–Crippen MR) is 93.1 cm³/mol. The molecule has 6 heteroatoms. The first-order valence-corrected chi connectivity index (χ1v) is 8.12. The molecular weight excluding hydrogens is 318 g/mol. The molecule has 1 N–H and O–H groups in total. The lowest BCUT2D eigenvalue weighted by Crippen LogP contribution is -2.68. The largest absolute Gasteiger partial charge is 0.322 e. The van der Waals surface area contributed by atoms with E-state index < -0.39 is 5.66 Å². The van der Waals surface area contributed by atoms with Crippen molar-refractivity contribution in [3.05, 3.63) is 60.2 Å². The summed E-state index contributed by atoms with van der Waals surface area (Å²) in [6, 6.07) is 15.9. The molecular formula is C19H17N3O3. The van der Waals surface area contributed by atoms with Crippen LogP contribution in [0.15, 0.2) is 54.6 Å². The van der Waals surface area contributed by atoms with Crippen molar-refractivity contribution in [2.45, 2.75) is 18.5 Å². The highest BCUT2D eigenvalue weighted by atomic mass is 16.2. The fourth-order valence-corrected chi connectivity index (χ4v) is 3.68. The molecule has 2 aliphatic rings. The zero-order valence-corrected chi connectivity index (χ0v) is 13.7. The van der Waals surface area contributed by atoms with Crippen molar-refractivity contribution >= 4 is 29.1 Å². The number of nitrogens with zero attached hydrogens (tertiary/aromatic N) is 2. The molecule has 2 aromatic rings. The van der Waals surface area contributed by atoms with E-state index in [1.165, 1.54) is 9.80 Å². The van der Waals surface area contributed by atoms with Crippen LogP contribution in [0, 0.1) is 0 Å². The molecule has 2 aliphatic heterocycles. The summed E-state index contributed by atoms with van der Waals surface area (Å²) in [7, 11) is 1.58. The lowest BCUT2D eigenvalue weighted by atomic mass is 9.96. The van der Waals surface area contributed by atoms with Crippen LogP contribution in [0.1, 0.15) is 23.2 Å². The minimum atomic E-state index is -1.33. The van der Waals surface area contributed by atoms with E-state index in [-0.39, 0.29) is 30.6 Å². The van der Waals surface area contributed by atoms with Crippen LogP contribution in [0.4, 0.5) is 11.4 Å². The lowest BCUT2D eigenvalue weighted by molar-refractivity contribution is -0.128. The van der Waals surface area contributed by atoms with Crippen molar-refractivity contribution in [2.24, 2.45) is 0 Å². The van der Waals surface area contributed by atoms with Gasteiger partial charge in [-0.3, -0.25) is 19.3 Å². The van der Waals surface area contributed by atoms with E-state index in [0.717, 1.165) is 0 Å². The molecule has 126 valence electrons. The van der Waals surface area contributed by atoms with Crippen LogP contribution in [0.2, 0.25) is 0 Å². The average molecular weight is 335 g/mol. The van der Waals surface area contributed by atoms with Gasteiger partial charge in [-0.2, -0.15) is 0 Å². The molecule has 3 amide bonds. The molecule has 1 fully saturated rings. The summed E-state index contributed by atoms with van der Waals surface area (Å²) >= 11 is 0. The Morgan fingerprint density at radius 1 is 1.04 bits per heavy atom. The summed E-state index contributed by atoms with van der Waals surface area (Å²) in [6.45, 7) is 0. The van der Waals surface area contributed by atoms with E-state index in [2.05, 4.69) is 5.32 Å². The first-order valence-electron chi connectivity index (χ1n) is 8.12. The summed E-state index contributed by atoms with van der Waals surface area (Å²) in [6.07, 6.45) is 0.481. The fourth-order valence-electron chi connectivity index (χ4n) is 3.68. The summed E-state index contributed by atoms with van der Waals surface area (Å²) in [5, 5.41) is 2.85. The SMILES string of the molecule is CN1C(=O)c2ccccc2N2C(=O)CC[C@]12C(=O)Nc1ccccc1. The van der Waals surface area contributed by atoms with Gasteiger partial charge in [-0.25, -0.2) is 0 Å². The molecule has 25 heavy (non-hydrogen) atoms. The van der Waals surface area contributed by atoms with Gasteiger partial charge in [0.2, 0.25) is 11.6 Å². The average Bonchev–Trinajstić information content (AvgIpc) is 2.99. The van der Waals surface area contributed by atoms with Gasteiger partial charge in [0, 0.05) is 25.6 Å². The van der Waals surface area contributed by atoms with Crippen molar-refractivity contribution in [1.29, 1.82) is 0 Å². The number of hydrogen-bond donors (Lipinski definition) is 1. The smallest absolute Gasteiger partial charge is 0.271 e. The molecule has 2 heterocycles. The maximum Gasteiger partial charge on any atom is 0.271 e. The van der Waals surface area contributed by atoms with Crippen LogP contribution in [0.25, 0.3) is 0 Å². The Labute approximate surface area is 145 Å². The zero-order valence-electron chi connectivity index (χ0n) is 13.7. The molecule has 0 saturated carbocycles. The van der Waals surface area contributed by atoms with Crippen LogP contribution >= 0.6 is 0 Å². The van der Waals surface area contributed by atoms with Gasteiger partial charge >= 0.3 is 0 Å². The highest BCUT2D eigenvalue weighted by Gasteiger charge is 2.59. The molecule has 0 unspecified atom stereocenters. The molecule has 0 aromatic heterocycles. The second kappa shape index (κ2) is 5.44. The fraction of sp³-hybridized carbons (Fsp3) is 0.211. The number of hydrogen-bond acceptors (Lipinski definition) is 3. The molecule has 1 atom stereocenters. The van der Waals surface area contributed by atoms with Crippen LogP contribution < -0.4 is 10.2 Å². The standard InChI is InChI=1S/C19H17N3O3/c1-21-17(24)14-9-5-6-10-15(14)22-16(23)11-12-19(21,22)18(25)20-13-7-3-2-4-8-13/h2-10H,11-12H2,1H3,(H,20,25)/t19-/m0/s1. The quantitative estimate of drug-likeness (QED) is 0.915. The maximum atomic E-state index is 13.2. The third-order valence-electron chi connectivity index (χ3n) is 4.94. The van der Waals surface area contributed by atoms with E-state index >= 15 is 0 Å². The molecule has 1 saturated heterocycles. The number of anilines is 2. The second-order valence-electron chi connectivity index (χ2n) is 6.25. The molecule has 0 bridgehead atoms. The minimum absolute atomic E-state index is 0.157. The van der Waals surface area contributed by atoms with Gasteiger partial charge in [-0.15, -0.1) is 0 Å². The Hall–Kier alpha value is -3.15. The Morgan fingerprint density at radius 2 is 1.72 bits per heavy atom. The Balaban J connectivity index is 1.83. The summed E-state index contributed by atoms with van der Waals surface area (Å²) < 4.78 is 0.